The van der Waals surface area contributed by atoms with Gasteiger partial charge in [0, 0.05) is 5.02 Å². The molecule has 3 N–H and O–H groups in total. The Balaban J connectivity index is 0.00000289. The molecule has 0 unspecified atom stereocenters. The molecule has 7 heteroatoms. The van der Waals surface area contributed by atoms with Gasteiger partial charge in [0.1, 0.15) is 0 Å². The van der Waals surface area contributed by atoms with Gasteiger partial charge in [-0.25, -0.2) is 0 Å². The molecule has 0 aliphatic rings. The van der Waals surface area contributed by atoms with Crippen LogP contribution in [0.3, 0.4) is 0 Å². The highest BCUT2D eigenvalue weighted by Gasteiger charge is 2.35. The summed E-state index contributed by atoms with van der Waals surface area (Å²) in [5, 5.41) is 9.50. The highest BCUT2D eigenvalue weighted by molar-refractivity contribution is 6.30. The van der Waals surface area contributed by atoms with Crippen LogP contribution in [0, 0.1) is 0 Å². The van der Waals surface area contributed by atoms with E-state index in [0.29, 0.717) is 0 Å². The third-order valence-corrected chi connectivity index (χ3v) is 2.75. The third-order valence-electron chi connectivity index (χ3n) is 2.51. The maximum Gasteiger partial charge on any atom is 0.416 e. The first-order valence-corrected chi connectivity index (χ1v) is 5.45. The number of halogens is 5. The van der Waals surface area contributed by atoms with Crippen molar-refractivity contribution < 1.29 is 18.3 Å². The van der Waals surface area contributed by atoms with Crippen molar-refractivity contribution in [3.8, 4) is 0 Å². The van der Waals surface area contributed by atoms with E-state index in [0.717, 1.165) is 6.07 Å². The minimum Gasteiger partial charge on any atom is -0.391 e. The largest absolute Gasteiger partial charge is 0.416 e. The highest BCUT2D eigenvalue weighted by Crippen LogP contribution is 2.36. The van der Waals surface area contributed by atoms with Crippen LogP contribution >= 0.6 is 24.0 Å². The van der Waals surface area contributed by atoms with Gasteiger partial charge in [0.05, 0.1) is 17.7 Å². The summed E-state index contributed by atoms with van der Waals surface area (Å²) in [6.45, 7) is 1.65. The molecule has 18 heavy (non-hydrogen) atoms. The Morgan fingerprint density at radius 1 is 1.39 bits per heavy atom. The number of hydrogen-bond acceptors (Lipinski definition) is 2. The summed E-state index contributed by atoms with van der Waals surface area (Å²) in [7, 11) is 0. The van der Waals surface area contributed by atoms with Gasteiger partial charge >= 0.3 is 6.18 Å². The van der Waals surface area contributed by atoms with E-state index in [1.807, 2.05) is 0 Å². The molecule has 2 atom stereocenters. The Morgan fingerprint density at radius 3 is 2.39 bits per heavy atom. The van der Waals surface area contributed by atoms with E-state index in [9.17, 15) is 18.3 Å². The van der Waals surface area contributed by atoms with Crippen LogP contribution < -0.4 is 5.73 Å². The quantitative estimate of drug-likeness (QED) is 0.897. The Morgan fingerprint density at radius 2 is 1.94 bits per heavy atom. The summed E-state index contributed by atoms with van der Waals surface area (Å²) in [6.07, 6.45) is -5.27. The van der Waals surface area contributed by atoms with Gasteiger partial charge in [0.15, 0.2) is 0 Å². The fourth-order valence-corrected chi connectivity index (χ4v) is 1.70. The molecule has 0 aromatic heterocycles. The van der Waals surface area contributed by atoms with Gasteiger partial charge in [-0.05, 0) is 24.1 Å². The first kappa shape index (κ1) is 17.5. The molecular formula is C11H14Cl2F3NO. The second-order valence-corrected chi connectivity index (χ2v) is 4.17. The minimum atomic E-state index is -4.54. The zero-order chi connectivity index (χ0) is 13.2. The molecule has 0 bridgehead atoms. The van der Waals surface area contributed by atoms with Crippen LogP contribution in [0.5, 0.6) is 0 Å². The van der Waals surface area contributed by atoms with Gasteiger partial charge in [0.2, 0.25) is 0 Å². The average Bonchev–Trinajstić information content (AvgIpc) is 2.25. The first-order valence-electron chi connectivity index (χ1n) is 5.07. The minimum absolute atomic E-state index is 0. The lowest BCUT2D eigenvalue weighted by Gasteiger charge is -2.22. The number of rotatable bonds is 3. The Bertz CT molecular complexity index is 398. The van der Waals surface area contributed by atoms with Crippen molar-refractivity contribution in [1.29, 1.82) is 0 Å². The average molecular weight is 304 g/mol. The normalized spacial score (nSPS) is 14.8. The Labute approximate surface area is 114 Å². The lowest BCUT2D eigenvalue weighted by atomic mass is 9.95. The molecule has 1 rings (SSSR count). The van der Waals surface area contributed by atoms with E-state index < -0.39 is 23.9 Å². The molecule has 0 aliphatic carbocycles. The highest BCUT2D eigenvalue weighted by atomic mass is 35.5. The zero-order valence-corrected chi connectivity index (χ0v) is 11.1. The maximum absolute atomic E-state index is 12.8. The Kier molecular flexibility index (Phi) is 6.43. The summed E-state index contributed by atoms with van der Waals surface area (Å²) >= 11 is 5.54. The van der Waals surface area contributed by atoms with Gasteiger partial charge in [-0.2, -0.15) is 13.2 Å². The molecule has 2 nitrogen and oxygen atoms in total. The van der Waals surface area contributed by atoms with Gasteiger partial charge in [-0.1, -0.05) is 24.6 Å². The summed E-state index contributed by atoms with van der Waals surface area (Å²) in [5.74, 6) is 0. The Hall–Kier alpha value is -0.490. The SMILES string of the molecule is CC[C@H](O)[C@H](N)c1ccc(Cl)cc1C(F)(F)F.Cl. The number of benzene rings is 1. The molecule has 0 aliphatic heterocycles. The standard InChI is InChI=1S/C11H13ClF3NO.ClH/c1-2-9(17)10(16)7-4-3-6(12)5-8(7)11(13,14)15;/h3-5,9-10,17H,2,16H2,1H3;1H/t9-,10+;/m0./s1. The molecule has 1 aromatic rings. The molecule has 1 aromatic carbocycles. The van der Waals surface area contributed by atoms with Gasteiger partial charge < -0.3 is 10.8 Å². The molecule has 104 valence electrons. The van der Waals surface area contributed by atoms with Gasteiger partial charge in [0.25, 0.3) is 0 Å². The summed E-state index contributed by atoms with van der Waals surface area (Å²) in [5.41, 5.74) is 4.56. The van der Waals surface area contributed by atoms with E-state index in [4.69, 9.17) is 17.3 Å². The zero-order valence-electron chi connectivity index (χ0n) is 9.54. The maximum atomic E-state index is 12.8. The van der Waals surface area contributed by atoms with Crippen LogP contribution in [0.4, 0.5) is 13.2 Å². The number of hydrogen-bond donors (Lipinski definition) is 2. The number of aliphatic hydroxyl groups is 1. The lowest BCUT2D eigenvalue weighted by molar-refractivity contribution is -0.138. The van der Waals surface area contributed by atoms with E-state index in [2.05, 4.69) is 0 Å². The van der Waals surface area contributed by atoms with E-state index in [-0.39, 0.29) is 29.4 Å². The predicted octanol–water partition coefficient (Wildman–Crippen LogP) is 3.55. The van der Waals surface area contributed by atoms with Gasteiger partial charge in [-0.3, -0.25) is 0 Å². The fourth-order valence-electron chi connectivity index (χ4n) is 1.53. The van der Waals surface area contributed by atoms with E-state index >= 15 is 0 Å². The van der Waals surface area contributed by atoms with Crippen molar-refractivity contribution in [2.75, 3.05) is 0 Å². The van der Waals surface area contributed by atoms with Crippen molar-refractivity contribution in [2.24, 2.45) is 5.73 Å². The second-order valence-electron chi connectivity index (χ2n) is 3.73. The third kappa shape index (κ3) is 4.02. The number of alkyl halides is 3. The molecule has 0 fully saturated rings. The number of nitrogens with two attached hydrogens (primary N) is 1. The summed E-state index contributed by atoms with van der Waals surface area (Å²) < 4.78 is 38.3. The molecular weight excluding hydrogens is 290 g/mol. The smallest absolute Gasteiger partial charge is 0.391 e. The van der Waals surface area contributed by atoms with Crippen molar-refractivity contribution in [3.05, 3.63) is 34.3 Å². The topological polar surface area (TPSA) is 46.2 Å². The van der Waals surface area contributed by atoms with Crippen LogP contribution in [0.25, 0.3) is 0 Å². The molecule has 0 saturated heterocycles. The lowest BCUT2D eigenvalue weighted by Crippen LogP contribution is -2.28. The van der Waals surface area contributed by atoms with E-state index in [1.165, 1.54) is 12.1 Å². The van der Waals surface area contributed by atoms with Crippen LogP contribution in [0.15, 0.2) is 18.2 Å². The first-order chi connectivity index (χ1) is 7.77. The monoisotopic (exact) mass is 303 g/mol. The van der Waals surface area contributed by atoms with E-state index in [1.54, 1.807) is 6.92 Å². The van der Waals surface area contributed by atoms with Crippen LogP contribution in [0.1, 0.15) is 30.5 Å². The molecule has 0 amide bonds. The van der Waals surface area contributed by atoms with Crippen molar-refractivity contribution in [3.63, 3.8) is 0 Å². The predicted molar refractivity (Wildman–Crippen MR) is 66.9 cm³/mol. The van der Waals surface area contributed by atoms with Crippen LogP contribution in [0.2, 0.25) is 5.02 Å². The molecule has 0 saturated carbocycles. The second kappa shape index (κ2) is 6.61. The van der Waals surface area contributed by atoms with Crippen LogP contribution in [-0.2, 0) is 6.18 Å². The van der Waals surface area contributed by atoms with Crippen molar-refractivity contribution in [2.45, 2.75) is 31.7 Å². The van der Waals surface area contributed by atoms with Crippen molar-refractivity contribution in [1.82, 2.24) is 0 Å². The summed E-state index contributed by atoms with van der Waals surface area (Å²) in [6, 6.07) is 2.27. The van der Waals surface area contributed by atoms with Crippen LogP contribution in [-0.4, -0.2) is 11.2 Å². The number of aliphatic hydroxyl groups excluding tert-OH is 1. The molecule has 0 heterocycles. The summed E-state index contributed by atoms with van der Waals surface area (Å²) in [4.78, 5) is 0. The fraction of sp³-hybridized carbons (Fsp3) is 0.455. The molecule has 0 spiro atoms. The van der Waals surface area contributed by atoms with Crippen molar-refractivity contribution >= 4 is 24.0 Å². The molecule has 0 radical (unpaired) electrons. The van der Waals surface area contributed by atoms with Gasteiger partial charge in [-0.15, -0.1) is 12.4 Å².